The van der Waals surface area contributed by atoms with Gasteiger partial charge in [0.2, 0.25) is 0 Å². The van der Waals surface area contributed by atoms with E-state index in [0.717, 1.165) is 38.2 Å². The van der Waals surface area contributed by atoms with Crippen molar-refractivity contribution < 1.29 is 9.90 Å². The Kier molecular flexibility index (Phi) is 3.97. The lowest BCUT2D eigenvalue weighted by Gasteiger charge is -2.19. The zero-order chi connectivity index (χ0) is 14.7. The van der Waals surface area contributed by atoms with Crippen LogP contribution in [0.25, 0.3) is 0 Å². The standard InChI is InChI=1S/C17H18N2O2/c20-17(21)15-5-6-16(18-11-15)12-19-9-7-13-3-1-2-4-14(13)8-10-19/h1-6,11H,7-10,12H2,(H,20,21). The molecule has 0 bridgehead atoms. The first-order valence-corrected chi connectivity index (χ1v) is 7.20. The molecule has 2 aromatic rings. The van der Waals surface area contributed by atoms with Crippen LogP contribution in [0.4, 0.5) is 0 Å². The summed E-state index contributed by atoms with van der Waals surface area (Å²) < 4.78 is 0. The summed E-state index contributed by atoms with van der Waals surface area (Å²) in [6.45, 7) is 2.80. The maximum Gasteiger partial charge on any atom is 0.337 e. The molecule has 3 rings (SSSR count). The van der Waals surface area contributed by atoms with E-state index >= 15 is 0 Å². The smallest absolute Gasteiger partial charge is 0.337 e. The molecule has 4 heteroatoms. The molecular formula is C17H18N2O2. The van der Waals surface area contributed by atoms with E-state index in [9.17, 15) is 4.79 Å². The van der Waals surface area contributed by atoms with Crippen LogP contribution in [-0.4, -0.2) is 34.0 Å². The minimum atomic E-state index is -0.931. The highest BCUT2D eigenvalue weighted by atomic mass is 16.4. The predicted octanol–water partition coefficient (Wildman–Crippen LogP) is 2.38. The van der Waals surface area contributed by atoms with Crippen LogP contribution in [0.1, 0.15) is 27.2 Å². The molecule has 0 radical (unpaired) electrons. The molecule has 0 saturated heterocycles. The Bertz CT molecular complexity index is 610. The summed E-state index contributed by atoms with van der Waals surface area (Å²) in [5.41, 5.74) is 4.04. The van der Waals surface area contributed by atoms with Gasteiger partial charge in [-0.2, -0.15) is 0 Å². The van der Waals surface area contributed by atoms with Crippen LogP contribution in [-0.2, 0) is 19.4 Å². The largest absolute Gasteiger partial charge is 0.478 e. The van der Waals surface area contributed by atoms with E-state index in [1.807, 2.05) is 6.07 Å². The van der Waals surface area contributed by atoms with E-state index in [1.54, 1.807) is 6.07 Å². The number of pyridine rings is 1. The van der Waals surface area contributed by atoms with Gasteiger partial charge in [0.05, 0.1) is 11.3 Å². The summed E-state index contributed by atoms with van der Waals surface area (Å²) in [6, 6.07) is 12.0. The first-order chi connectivity index (χ1) is 10.2. The third kappa shape index (κ3) is 3.28. The Hall–Kier alpha value is -2.20. The molecule has 0 fully saturated rings. The van der Waals surface area contributed by atoms with Gasteiger partial charge in [0.15, 0.2) is 0 Å². The molecule has 4 nitrogen and oxygen atoms in total. The number of aromatic carboxylic acids is 1. The van der Waals surface area contributed by atoms with Crippen LogP contribution in [0.3, 0.4) is 0 Å². The Morgan fingerprint density at radius 2 is 1.76 bits per heavy atom. The number of carbonyl (C=O) groups is 1. The second kappa shape index (κ2) is 6.06. The van der Waals surface area contributed by atoms with Gasteiger partial charge in [-0.25, -0.2) is 4.79 Å². The number of hydrogen-bond acceptors (Lipinski definition) is 3. The molecule has 1 N–H and O–H groups in total. The number of rotatable bonds is 3. The van der Waals surface area contributed by atoms with Gasteiger partial charge in [-0.05, 0) is 36.1 Å². The average molecular weight is 282 g/mol. The number of nitrogens with zero attached hydrogens (tertiary/aromatic N) is 2. The Morgan fingerprint density at radius 1 is 1.10 bits per heavy atom. The number of carboxylic acids is 1. The third-order valence-corrected chi connectivity index (χ3v) is 3.97. The van der Waals surface area contributed by atoms with Crippen molar-refractivity contribution in [1.82, 2.24) is 9.88 Å². The zero-order valence-electron chi connectivity index (χ0n) is 11.8. The van der Waals surface area contributed by atoms with E-state index in [0.29, 0.717) is 0 Å². The summed E-state index contributed by atoms with van der Waals surface area (Å²) in [5, 5.41) is 8.88. The van der Waals surface area contributed by atoms with E-state index in [-0.39, 0.29) is 5.56 Å². The molecule has 2 heterocycles. The van der Waals surface area contributed by atoms with Gasteiger partial charge in [-0.1, -0.05) is 24.3 Å². The predicted molar refractivity (Wildman–Crippen MR) is 80.3 cm³/mol. The fourth-order valence-corrected chi connectivity index (χ4v) is 2.75. The lowest BCUT2D eigenvalue weighted by atomic mass is 10.0. The quantitative estimate of drug-likeness (QED) is 0.939. The first kappa shape index (κ1) is 13.8. The fraction of sp³-hybridized carbons (Fsp3) is 0.294. The van der Waals surface area contributed by atoms with Gasteiger partial charge in [-0.3, -0.25) is 9.88 Å². The maximum atomic E-state index is 10.8. The van der Waals surface area contributed by atoms with Crippen molar-refractivity contribution in [2.45, 2.75) is 19.4 Å². The highest BCUT2D eigenvalue weighted by molar-refractivity contribution is 5.87. The van der Waals surface area contributed by atoms with Crippen LogP contribution in [0.5, 0.6) is 0 Å². The second-order valence-corrected chi connectivity index (χ2v) is 5.39. The number of benzene rings is 1. The van der Waals surface area contributed by atoms with Crippen molar-refractivity contribution in [2.75, 3.05) is 13.1 Å². The Balaban J connectivity index is 1.65. The molecule has 1 aliphatic heterocycles. The van der Waals surface area contributed by atoms with E-state index in [4.69, 9.17) is 5.11 Å². The van der Waals surface area contributed by atoms with Gasteiger partial charge in [0.25, 0.3) is 0 Å². The summed E-state index contributed by atoms with van der Waals surface area (Å²) >= 11 is 0. The van der Waals surface area contributed by atoms with Crippen LogP contribution in [0.15, 0.2) is 42.6 Å². The van der Waals surface area contributed by atoms with Crippen LogP contribution < -0.4 is 0 Å². The topological polar surface area (TPSA) is 53.4 Å². The summed E-state index contributed by atoms with van der Waals surface area (Å²) in [6.07, 6.45) is 3.55. The molecule has 0 spiro atoms. The fourth-order valence-electron chi connectivity index (χ4n) is 2.75. The molecule has 21 heavy (non-hydrogen) atoms. The van der Waals surface area contributed by atoms with Gasteiger partial charge < -0.3 is 5.11 Å². The molecule has 0 amide bonds. The van der Waals surface area contributed by atoms with E-state index in [1.165, 1.54) is 17.3 Å². The minimum Gasteiger partial charge on any atom is -0.478 e. The molecular weight excluding hydrogens is 264 g/mol. The van der Waals surface area contributed by atoms with Crippen molar-refractivity contribution in [1.29, 1.82) is 0 Å². The minimum absolute atomic E-state index is 0.238. The van der Waals surface area contributed by atoms with Crippen LogP contribution in [0.2, 0.25) is 0 Å². The average Bonchev–Trinajstić information content (AvgIpc) is 2.71. The summed E-state index contributed by atoms with van der Waals surface area (Å²) in [5.74, 6) is -0.931. The number of fused-ring (bicyclic) bond motifs is 1. The SMILES string of the molecule is O=C(O)c1ccc(CN2CCc3ccccc3CC2)nc1. The molecule has 1 aromatic carbocycles. The molecule has 0 saturated carbocycles. The molecule has 108 valence electrons. The Morgan fingerprint density at radius 3 is 2.29 bits per heavy atom. The monoisotopic (exact) mass is 282 g/mol. The van der Waals surface area contributed by atoms with Crippen LogP contribution in [0, 0.1) is 0 Å². The number of carboxylic acid groups (broad SMARTS) is 1. The van der Waals surface area contributed by atoms with Crippen molar-refractivity contribution in [3.05, 3.63) is 65.0 Å². The van der Waals surface area contributed by atoms with Crippen molar-refractivity contribution in [2.24, 2.45) is 0 Å². The maximum absolute atomic E-state index is 10.8. The summed E-state index contributed by atoms with van der Waals surface area (Å²) in [4.78, 5) is 17.5. The van der Waals surface area contributed by atoms with Crippen molar-refractivity contribution >= 4 is 5.97 Å². The second-order valence-electron chi connectivity index (χ2n) is 5.39. The normalized spacial score (nSPS) is 15.2. The van der Waals surface area contributed by atoms with Gasteiger partial charge in [0, 0.05) is 25.8 Å². The van der Waals surface area contributed by atoms with Crippen molar-refractivity contribution in [3.63, 3.8) is 0 Å². The molecule has 1 aliphatic rings. The highest BCUT2D eigenvalue weighted by Gasteiger charge is 2.14. The van der Waals surface area contributed by atoms with Gasteiger partial charge in [0.1, 0.15) is 0 Å². The lowest BCUT2D eigenvalue weighted by Crippen LogP contribution is -2.26. The highest BCUT2D eigenvalue weighted by Crippen LogP contribution is 2.16. The lowest BCUT2D eigenvalue weighted by molar-refractivity contribution is 0.0696. The van der Waals surface area contributed by atoms with E-state index < -0.39 is 5.97 Å². The van der Waals surface area contributed by atoms with Gasteiger partial charge >= 0.3 is 5.97 Å². The van der Waals surface area contributed by atoms with Gasteiger partial charge in [-0.15, -0.1) is 0 Å². The molecule has 0 unspecified atom stereocenters. The van der Waals surface area contributed by atoms with Crippen LogP contribution >= 0.6 is 0 Å². The number of hydrogen-bond donors (Lipinski definition) is 1. The Labute approximate surface area is 124 Å². The summed E-state index contributed by atoms with van der Waals surface area (Å²) in [7, 11) is 0. The third-order valence-electron chi connectivity index (χ3n) is 3.97. The molecule has 0 atom stereocenters. The van der Waals surface area contributed by atoms with Crippen molar-refractivity contribution in [3.8, 4) is 0 Å². The molecule has 1 aromatic heterocycles. The molecule has 0 aliphatic carbocycles. The number of aromatic nitrogens is 1. The zero-order valence-corrected chi connectivity index (χ0v) is 11.8. The van der Waals surface area contributed by atoms with E-state index in [2.05, 4.69) is 34.1 Å². The first-order valence-electron chi connectivity index (χ1n) is 7.20.